The molecule has 1 aliphatic heterocycles. The van der Waals surface area contributed by atoms with E-state index >= 15 is 0 Å². The SMILES string of the molecule is CCN(CCC(O)c1cccc(F)c1)CC1CCCO1. The van der Waals surface area contributed by atoms with Crippen LogP contribution < -0.4 is 0 Å². The first-order valence-corrected chi connectivity index (χ1v) is 7.46. The van der Waals surface area contributed by atoms with E-state index in [1.54, 1.807) is 12.1 Å². The van der Waals surface area contributed by atoms with Crippen LogP contribution in [0.4, 0.5) is 4.39 Å². The number of ether oxygens (including phenoxy) is 1. The van der Waals surface area contributed by atoms with Gasteiger partial charge in [0.2, 0.25) is 0 Å². The Morgan fingerprint density at radius 3 is 3.00 bits per heavy atom. The second-order valence-corrected chi connectivity index (χ2v) is 5.39. The average Bonchev–Trinajstić information content (AvgIpc) is 2.96. The summed E-state index contributed by atoms with van der Waals surface area (Å²) in [6, 6.07) is 6.20. The minimum absolute atomic E-state index is 0.298. The quantitative estimate of drug-likeness (QED) is 0.834. The molecule has 20 heavy (non-hydrogen) atoms. The maximum Gasteiger partial charge on any atom is 0.123 e. The highest BCUT2D eigenvalue weighted by Gasteiger charge is 2.19. The third-order valence-corrected chi connectivity index (χ3v) is 3.89. The molecule has 2 unspecified atom stereocenters. The Bertz CT molecular complexity index is 407. The van der Waals surface area contributed by atoms with Gasteiger partial charge in [-0.15, -0.1) is 0 Å². The average molecular weight is 281 g/mol. The van der Waals surface area contributed by atoms with E-state index in [0.717, 1.165) is 39.1 Å². The van der Waals surface area contributed by atoms with Gasteiger partial charge in [-0.1, -0.05) is 19.1 Å². The molecule has 0 radical (unpaired) electrons. The number of nitrogens with zero attached hydrogens (tertiary/aromatic N) is 1. The maximum atomic E-state index is 13.1. The fourth-order valence-electron chi connectivity index (χ4n) is 2.64. The first-order valence-electron chi connectivity index (χ1n) is 7.46. The fraction of sp³-hybridized carbons (Fsp3) is 0.625. The zero-order valence-corrected chi connectivity index (χ0v) is 12.1. The van der Waals surface area contributed by atoms with Crippen LogP contribution in [0.1, 0.15) is 37.9 Å². The number of benzene rings is 1. The van der Waals surface area contributed by atoms with Gasteiger partial charge in [-0.2, -0.15) is 0 Å². The molecule has 3 nitrogen and oxygen atoms in total. The summed E-state index contributed by atoms with van der Waals surface area (Å²) in [4.78, 5) is 2.29. The monoisotopic (exact) mass is 281 g/mol. The summed E-state index contributed by atoms with van der Waals surface area (Å²) in [7, 11) is 0. The molecular weight excluding hydrogens is 257 g/mol. The van der Waals surface area contributed by atoms with Gasteiger partial charge in [0.15, 0.2) is 0 Å². The zero-order valence-electron chi connectivity index (χ0n) is 12.1. The summed E-state index contributed by atoms with van der Waals surface area (Å²) in [5, 5.41) is 10.1. The number of likely N-dealkylation sites (N-methyl/N-ethyl adjacent to an activating group) is 1. The molecule has 0 aromatic heterocycles. The van der Waals surface area contributed by atoms with Gasteiger partial charge in [0.1, 0.15) is 5.82 Å². The Hall–Kier alpha value is -0.970. The molecule has 0 bridgehead atoms. The highest BCUT2D eigenvalue weighted by Crippen LogP contribution is 2.19. The lowest BCUT2D eigenvalue weighted by atomic mass is 10.1. The van der Waals surface area contributed by atoms with Crippen LogP contribution in [0.5, 0.6) is 0 Å². The van der Waals surface area contributed by atoms with Gasteiger partial charge in [0.25, 0.3) is 0 Å². The molecule has 1 heterocycles. The van der Waals surface area contributed by atoms with Gasteiger partial charge in [0, 0.05) is 19.7 Å². The number of hydrogen-bond donors (Lipinski definition) is 1. The van der Waals surface area contributed by atoms with Gasteiger partial charge in [-0.05, 0) is 43.5 Å². The van der Waals surface area contributed by atoms with Gasteiger partial charge in [-0.25, -0.2) is 4.39 Å². The highest BCUT2D eigenvalue weighted by molar-refractivity contribution is 5.18. The molecule has 1 fully saturated rings. The topological polar surface area (TPSA) is 32.7 Å². The molecule has 1 aromatic rings. The lowest BCUT2D eigenvalue weighted by Gasteiger charge is -2.24. The molecule has 1 aliphatic rings. The van der Waals surface area contributed by atoms with Crippen molar-refractivity contribution in [2.24, 2.45) is 0 Å². The van der Waals surface area contributed by atoms with Crippen LogP contribution in [-0.2, 0) is 4.74 Å². The molecule has 2 atom stereocenters. The number of rotatable bonds is 7. The summed E-state index contributed by atoms with van der Waals surface area (Å²) in [5.41, 5.74) is 0.651. The van der Waals surface area contributed by atoms with Crippen molar-refractivity contribution in [1.29, 1.82) is 0 Å². The van der Waals surface area contributed by atoms with Crippen LogP contribution >= 0.6 is 0 Å². The Balaban J connectivity index is 1.79. The molecule has 0 spiro atoms. The molecular formula is C16H24FNO2. The van der Waals surface area contributed by atoms with Crippen LogP contribution in [-0.4, -0.2) is 42.4 Å². The van der Waals surface area contributed by atoms with Crippen LogP contribution in [0.3, 0.4) is 0 Å². The van der Waals surface area contributed by atoms with Gasteiger partial charge in [-0.3, -0.25) is 0 Å². The van der Waals surface area contributed by atoms with Gasteiger partial charge >= 0.3 is 0 Å². The second-order valence-electron chi connectivity index (χ2n) is 5.39. The van der Waals surface area contributed by atoms with Crippen molar-refractivity contribution in [3.8, 4) is 0 Å². The van der Waals surface area contributed by atoms with E-state index in [0.29, 0.717) is 18.1 Å². The van der Waals surface area contributed by atoms with E-state index in [9.17, 15) is 9.50 Å². The molecule has 2 rings (SSSR count). The number of aliphatic hydroxyl groups excluding tert-OH is 1. The predicted molar refractivity (Wildman–Crippen MR) is 77.1 cm³/mol. The van der Waals surface area contributed by atoms with Gasteiger partial charge < -0.3 is 14.7 Å². The minimum Gasteiger partial charge on any atom is -0.388 e. The summed E-state index contributed by atoms with van der Waals surface area (Å²) in [6.45, 7) is 5.65. The summed E-state index contributed by atoms with van der Waals surface area (Å²) in [6.07, 6.45) is 2.62. The van der Waals surface area contributed by atoms with E-state index < -0.39 is 6.10 Å². The number of halogens is 1. The van der Waals surface area contributed by atoms with E-state index in [4.69, 9.17) is 4.74 Å². The summed E-state index contributed by atoms with van der Waals surface area (Å²) >= 11 is 0. The molecule has 1 aromatic carbocycles. The molecule has 112 valence electrons. The Morgan fingerprint density at radius 2 is 2.35 bits per heavy atom. The van der Waals surface area contributed by atoms with Crippen molar-refractivity contribution in [2.45, 2.75) is 38.4 Å². The maximum absolute atomic E-state index is 13.1. The molecule has 1 N–H and O–H groups in total. The largest absolute Gasteiger partial charge is 0.388 e. The number of hydrogen-bond acceptors (Lipinski definition) is 3. The normalized spacial score (nSPS) is 20.5. The van der Waals surface area contributed by atoms with Crippen LogP contribution in [0.2, 0.25) is 0 Å². The smallest absolute Gasteiger partial charge is 0.123 e. The second kappa shape index (κ2) is 7.72. The van der Waals surface area contributed by atoms with E-state index in [1.807, 2.05) is 0 Å². The summed E-state index contributed by atoms with van der Waals surface area (Å²) in [5.74, 6) is -0.298. The Morgan fingerprint density at radius 1 is 1.50 bits per heavy atom. The van der Waals surface area contributed by atoms with E-state index in [2.05, 4.69) is 11.8 Å². The molecule has 0 aliphatic carbocycles. The third-order valence-electron chi connectivity index (χ3n) is 3.89. The number of aliphatic hydroxyl groups is 1. The molecule has 1 saturated heterocycles. The lowest BCUT2D eigenvalue weighted by molar-refractivity contribution is 0.0669. The van der Waals surface area contributed by atoms with Crippen LogP contribution in [0, 0.1) is 5.82 Å². The predicted octanol–water partition coefficient (Wildman–Crippen LogP) is 2.75. The van der Waals surface area contributed by atoms with Crippen LogP contribution in [0.15, 0.2) is 24.3 Å². The first kappa shape index (κ1) is 15.4. The van der Waals surface area contributed by atoms with Crippen molar-refractivity contribution >= 4 is 0 Å². The van der Waals surface area contributed by atoms with E-state index in [1.165, 1.54) is 12.1 Å². The summed E-state index contributed by atoms with van der Waals surface area (Å²) < 4.78 is 18.8. The molecule has 4 heteroatoms. The molecule has 0 amide bonds. The van der Waals surface area contributed by atoms with Crippen molar-refractivity contribution in [1.82, 2.24) is 4.90 Å². The van der Waals surface area contributed by atoms with Crippen molar-refractivity contribution in [2.75, 3.05) is 26.2 Å². The standard InChI is InChI=1S/C16H24FNO2/c1-2-18(12-15-7-4-10-20-15)9-8-16(19)13-5-3-6-14(17)11-13/h3,5-6,11,15-16,19H,2,4,7-10,12H2,1H3. The van der Waals surface area contributed by atoms with Crippen molar-refractivity contribution < 1.29 is 14.2 Å². The minimum atomic E-state index is -0.607. The van der Waals surface area contributed by atoms with Crippen molar-refractivity contribution in [3.05, 3.63) is 35.6 Å². The molecule has 0 saturated carbocycles. The Kier molecular flexibility index (Phi) is 5.95. The first-order chi connectivity index (χ1) is 9.69. The van der Waals surface area contributed by atoms with E-state index in [-0.39, 0.29) is 5.82 Å². The van der Waals surface area contributed by atoms with Crippen molar-refractivity contribution in [3.63, 3.8) is 0 Å². The zero-order chi connectivity index (χ0) is 14.4. The van der Waals surface area contributed by atoms with Crippen LogP contribution in [0.25, 0.3) is 0 Å². The fourth-order valence-corrected chi connectivity index (χ4v) is 2.64. The van der Waals surface area contributed by atoms with Gasteiger partial charge in [0.05, 0.1) is 12.2 Å². The Labute approximate surface area is 120 Å². The highest BCUT2D eigenvalue weighted by atomic mass is 19.1. The lowest BCUT2D eigenvalue weighted by Crippen LogP contribution is -2.33. The third kappa shape index (κ3) is 4.54.